The zero-order chi connectivity index (χ0) is 11.7. The van der Waals surface area contributed by atoms with Gasteiger partial charge >= 0.3 is 0 Å². The van der Waals surface area contributed by atoms with Crippen molar-refractivity contribution in [3.63, 3.8) is 0 Å². The van der Waals surface area contributed by atoms with Gasteiger partial charge in [0.25, 0.3) is 0 Å². The zero-order valence-corrected chi connectivity index (χ0v) is 11.1. The van der Waals surface area contributed by atoms with Crippen molar-refractivity contribution in [2.45, 2.75) is 39.7 Å². The lowest BCUT2D eigenvalue weighted by molar-refractivity contribution is 0.170. The summed E-state index contributed by atoms with van der Waals surface area (Å²) in [5.41, 5.74) is 0. The number of thiocarbonyl (C=S) groups is 1. The summed E-state index contributed by atoms with van der Waals surface area (Å²) in [6.45, 7) is 8.10. The van der Waals surface area contributed by atoms with Crippen LogP contribution in [0.5, 0.6) is 0 Å². The standard InChI is InChI=1S/C11H24N2OS/c1-5-6-10(8-14-4)13-11(15)12-7-9(2)3/h9-10H,5-8H2,1-4H3,(H2,12,13,15). The van der Waals surface area contributed by atoms with Crippen LogP contribution >= 0.6 is 12.2 Å². The second kappa shape index (κ2) is 8.92. The molecule has 0 bridgehead atoms. The zero-order valence-electron chi connectivity index (χ0n) is 10.3. The summed E-state index contributed by atoms with van der Waals surface area (Å²) in [6.07, 6.45) is 2.21. The molecule has 0 amide bonds. The van der Waals surface area contributed by atoms with Crippen LogP contribution in [0.4, 0.5) is 0 Å². The van der Waals surface area contributed by atoms with Crippen molar-refractivity contribution in [2.24, 2.45) is 5.92 Å². The second-order valence-electron chi connectivity index (χ2n) is 4.19. The maximum atomic E-state index is 5.20. The number of nitrogens with one attached hydrogen (secondary N) is 2. The van der Waals surface area contributed by atoms with Crippen LogP contribution in [0.25, 0.3) is 0 Å². The van der Waals surface area contributed by atoms with Crippen LogP contribution in [0.15, 0.2) is 0 Å². The van der Waals surface area contributed by atoms with Gasteiger partial charge in [0.2, 0.25) is 0 Å². The third kappa shape index (κ3) is 8.63. The fourth-order valence-corrected chi connectivity index (χ4v) is 1.53. The van der Waals surface area contributed by atoms with Crippen molar-refractivity contribution in [2.75, 3.05) is 20.3 Å². The molecule has 0 radical (unpaired) electrons. The van der Waals surface area contributed by atoms with E-state index in [1.54, 1.807) is 7.11 Å². The van der Waals surface area contributed by atoms with Gasteiger partial charge in [-0.1, -0.05) is 27.2 Å². The van der Waals surface area contributed by atoms with Gasteiger partial charge in [-0.15, -0.1) is 0 Å². The number of methoxy groups -OCH3 is 1. The number of ether oxygens (including phenoxy) is 1. The van der Waals surface area contributed by atoms with Crippen molar-refractivity contribution >= 4 is 17.3 Å². The van der Waals surface area contributed by atoms with E-state index in [0.717, 1.165) is 24.5 Å². The summed E-state index contributed by atoms with van der Waals surface area (Å²) in [5, 5.41) is 7.20. The van der Waals surface area contributed by atoms with Gasteiger partial charge in [0.15, 0.2) is 5.11 Å². The highest BCUT2D eigenvalue weighted by Crippen LogP contribution is 1.97. The van der Waals surface area contributed by atoms with Crippen molar-refractivity contribution < 1.29 is 4.74 Å². The SMILES string of the molecule is CCCC(COC)NC(=S)NCC(C)C. The molecule has 0 aromatic heterocycles. The van der Waals surface area contributed by atoms with Crippen molar-refractivity contribution in [1.82, 2.24) is 10.6 Å². The van der Waals surface area contributed by atoms with Crippen LogP contribution in [0.1, 0.15) is 33.6 Å². The average molecular weight is 232 g/mol. The average Bonchev–Trinajstić information content (AvgIpc) is 2.15. The second-order valence-corrected chi connectivity index (χ2v) is 4.60. The van der Waals surface area contributed by atoms with E-state index in [9.17, 15) is 0 Å². The molecule has 1 unspecified atom stereocenters. The fourth-order valence-electron chi connectivity index (χ4n) is 1.28. The van der Waals surface area contributed by atoms with E-state index < -0.39 is 0 Å². The van der Waals surface area contributed by atoms with E-state index in [4.69, 9.17) is 17.0 Å². The van der Waals surface area contributed by atoms with Gasteiger partial charge in [0.1, 0.15) is 0 Å². The highest BCUT2D eigenvalue weighted by molar-refractivity contribution is 7.80. The maximum absolute atomic E-state index is 5.20. The Labute approximate surface area is 99.0 Å². The van der Waals surface area contributed by atoms with Gasteiger partial charge in [-0.3, -0.25) is 0 Å². The maximum Gasteiger partial charge on any atom is 0.166 e. The summed E-state index contributed by atoms with van der Waals surface area (Å²) in [4.78, 5) is 0. The lowest BCUT2D eigenvalue weighted by Gasteiger charge is -2.20. The van der Waals surface area contributed by atoms with Crippen LogP contribution < -0.4 is 10.6 Å². The monoisotopic (exact) mass is 232 g/mol. The van der Waals surface area contributed by atoms with Crippen LogP contribution in [0.2, 0.25) is 0 Å². The minimum atomic E-state index is 0.326. The molecule has 0 heterocycles. The molecule has 15 heavy (non-hydrogen) atoms. The molecule has 2 N–H and O–H groups in total. The molecular formula is C11H24N2OS. The molecular weight excluding hydrogens is 208 g/mol. The summed E-state index contributed by atoms with van der Waals surface area (Å²) in [7, 11) is 1.72. The first-order chi connectivity index (χ1) is 7.10. The summed E-state index contributed by atoms with van der Waals surface area (Å²) in [6, 6.07) is 0.326. The molecule has 0 aliphatic carbocycles. The summed E-state index contributed by atoms with van der Waals surface area (Å²) >= 11 is 5.20. The van der Waals surface area contributed by atoms with Crippen LogP contribution in [0.3, 0.4) is 0 Å². The molecule has 0 spiro atoms. The van der Waals surface area contributed by atoms with E-state index >= 15 is 0 Å². The van der Waals surface area contributed by atoms with Crippen molar-refractivity contribution in [1.29, 1.82) is 0 Å². The summed E-state index contributed by atoms with van der Waals surface area (Å²) < 4.78 is 5.13. The Morgan fingerprint density at radius 1 is 1.40 bits per heavy atom. The highest BCUT2D eigenvalue weighted by atomic mass is 32.1. The van der Waals surface area contributed by atoms with Gasteiger partial charge in [0, 0.05) is 13.7 Å². The molecule has 0 rings (SSSR count). The van der Waals surface area contributed by atoms with Gasteiger partial charge in [-0.2, -0.15) is 0 Å². The predicted octanol–water partition coefficient (Wildman–Crippen LogP) is 1.92. The first-order valence-corrected chi connectivity index (χ1v) is 6.04. The largest absolute Gasteiger partial charge is 0.383 e. The molecule has 3 nitrogen and oxygen atoms in total. The normalized spacial score (nSPS) is 12.6. The lowest BCUT2D eigenvalue weighted by atomic mass is 10.2. The van der Waals surface area contributed by atoms with Crippen molar-refractivity contribution in [3.05, 3.63) is 0 Å². The Morgan fingerprint density at radius 2 is 2.07 bits per heavy atom. The predicted molar refractivity (Wildman–Crippen MR) is 69.1 cm³/mol. The molecule has 0 fully saturated rings. The molecule has 0 aromatic rings. The molecule has 0 saturated carbocycles. The topological polar surface area (TPSA) is 33.3 Å². The molecule has 0 aliphatic heterocycles. The molecule has 0 saturated heterocycles. The Morgan fingerprint density at radius 3 is 2.53 bits per heavy atom. The number of hydrogen-bond acceptors (Lipinski definition) is 2. The van der Waals surface area contributed by atoms with Gasteiger partial charge in [-0.25, -0.2) is 0 Å². The lowest BCUT2D eigenvalue weighted by Crippen LogP contribution is -2.44. The Bertz CT molecular complexity index is 168. The molecule has 0 aliphatic rings. The minimum Gasteiger partial charge on any atom is -0.383 e. The van der Waals surface area contributed by atoms with E-state index in [2.05, 4.69) is 31.4 Å². The first-order valence-electron chi connectivity index (χ1n) is 5.63. The van der Waals surface area contributed by atoms with E-state index in [1.807, 2.05) is 0 Å². The Kier molecular flexibility index (Phi) is 8.71. The van der Waals surface area contributed by atoms with E-state index in [-0.39, 0.29) is 0 Å². The summed E-state index contributed by atoms with van der Waals surface area (Å²) in [5.74, 6) is 0.608. The van der Waals surface area contributed by atoms with Gasteiger partial charge in [0.05, 0.1) is 12.6 Å². The Balaban J connectivity index is 3.77. The van der Waals surface area contributed by atoms with Gasteiger partial charge in [-0.05, 0) is 24.6 Å². The molecule has 90 valence electrons. The molecule has 4 heteroatoms. The first kappa shape index (κ1) is 14.6. The smallest absolute Gasteiger partial charge is 0.166 e. The van der Waals surface area contributed by atoms with E-state index in [0.29, 0.717) is 18.6 Å². The Hall–Kier alpha value is -0.350. The van der Waals surface area contributed by atoms with Crippen LogP contribution in [-0.4, -0.2) is 31.4 Å². The third-order valence-electron chi connectivity index (χ3n) is 2.01. The third-order valence-corrected chi connectivity index (χ3v) is 2.27. The van der Waals surface area contributed by atoms with Crippen molar-refractivity contribution in [3.8, 4) is 0 Å². The number of hydrogen-bond donors (Lipinski definition) is 2. The quantitative estimate of drug-likeness (QED) is 0.657. The van der Waals surface area contributed by atoms with Gasteiger partial charge < -0.3 is 15.4 Å². The minimum absolute atomic E-state index is 0.326. The fraction of sp³-hybridized carbons (Fsp3) is 0.909. The van der Waals surface area contributed by atoms with Crippen LogP contribution in [0, 0.1) is 5.92 Å². The highest BCUT2D eigenvalue weighted by Gasteiger charge is 2.08. The number of rotatable bonds is 7. The van der Waals surface area contributed by atoms with E-state index in [1.165, 1.54) is 0 Å². The molecule has 0 aromatic carbocycles. The van der Waals surface area contributed by atoms with Crippen LogP contribution in [-0.2, 0) is 4.74 Å². The molecule has 1 atom stereocenters.